The van der Waals surface area contributed by atoms with Gasteiger partial charge in [-0.3, -0.25) is 0 Å². The molecule has 1 rings (SSSR count). The Labute approximate surface area is 103 Å². The van der Waals surface area contributed by atoms with Gasteiger partial charge in [0.2, 0.25) is 0 Å². The fraction of sp³-hybridized carbons (Fsp3) is 0.429. The van der Waals surface area contributed by atoms with E-state index in [2.05, 4.69) is 4.99 Å². The summed E-state index contributed by atoms with van der Waals surface area (Å²) in [5.74, 6) is -0.291. The second kappa shape index (κ2) is 6.18. The van der Waals surface area contributed by atoms with Crippen molar-refractivity contribution in [2.75, 3.05) is 0 Å². The quantitative estimate of drug-likeness (QED) is 0.590. The number of aliphatic imine (C=N–C) groups is 1. The third kappa shape index (κ3) is 4.39. The lowest BCUT2D eigenvalue weighted by molar-refractivity contribution is -0.139. The first-order valence-corrected chi connectivity index (χ1v) is 5.85. The Morgan fingerprint density at radius 3 is 2.18 bits per heavy atom. The molecule has 0 heterocycles. The average Bonchev–Trinajstić information content (AvgIpc) is 2.25. The van der Waals surface area contributed by atoms with Crippen LogP contribution in [0.5, 0.6) is 0 Å². The Morgan fingerprint density at radius 2 is 1.71 bits per heavy atom. The molecule has 0 saturated heterocycles. The fourth-order valence-electron chi connectivity index (χ4n) is 1.33. The first kappa shape index (κ1) is 13.4. The van der Waals surface area contributed by atoms with Crippen LogP contribution in [-0.2, 0) is 9.53 Å². The number of nitrogens with zero attached hydrogens (tertiary/aromatic N) is 1. The number of carbonyl (C=O) groups excluding carboxylic acids is 1. The van der Waals surface area contributed by atoms with Gasteiger partial charge in [-0.1, -0.05) is 32.0 Å². The predicted octanol–water partition coefficient (Wildman–Crippen LogP) is 3.37. The van der Waals surface area contributed by atoms with E-state index < -0.39 is 0 Å². The number of esters is 1. The zero-order valence-electron chi connectivity index (χ0n) is 10.8. The normalized spacial score (nSPS) is 12.0. The molecule has 0 aliphatic carbocycles. The molecule has 0 aliphatic heterocycles. The lowest BCUT2D eigenvalue weighted by Gasteiger charge is -2.12. The SMILES string of the molecule is CC(C)OC(=O)/C(=N/c1ccccc1)C(C)C. The van der Waals surface area contributed by atoms with Gasteiger partial charge in [0.25, 0.3) is 0 Å². The van der Waals surface area contributed by atoms with E-state index in [4.69, 9.17) is 4.74 Å². The molecular weight excluding hydrogens is 214 g/mol. The minimum absolute atomic E-state index is 0.0430. The topological polar surface area (TPSA) is 38.7 Å². The van der Waals surface area contributed by atoms with Crippen molar-refractivity contribution in [1.29, 1.82) is 0 Å². The summed E-state index contributed by atoms with van der Waals surface area (Å²) >= 11 is 0. The summed E-state index contributed by atoms with van der Waals surface area (Å²) in [6.45, 7) is 7.53. The van der Waals surface area contributed by atoms with Gasteiger partial charge < -0.3 is 4.74 Å². The second-order valence-corrected chi connectivity index (χ2v) is 4.44. The Balaban J connectivity index is 2.94. The lowest BCUT2D eigenvalue weighted by Crippen LogP contribution is -2.25. The van der Waals surface area contributed by atoms with Crippen molar-refractivity contribution in [2.24, 2.45) is 10.9 Å². The first-order chi connectivity index (χ1) is 8.00. The number of hydrogen-bond acceptors (Lipinski definition) is 3. The highest BCUT2D eigenvalue weighted by Crippen LogP contribution is 2.14. The maximum Gasteiger partial charge on any atom is 0.353 e. The van der Waals surface area contributed by atoms with Crippen molar-refractivity contribution in [3.8, 4) is 0 Å². The Kier molecular flexibility index (Phi) is 4.88. The van der Waals surface area contributed by atoms with Gasteiger partial charge in [0, 0.05) is 5.92 Å². The Hall–Kier alpha value is -1.64. The molecule has 3 heteroatoms. The number of carbonyl (C=O) groups is 1. The van der Waals surface area contributed by atoms with Crippen molar-refractivity contribution in [3.05, 3.63) is 30.3 Å². The van der Waals surface area contributed by atoms with Crippen molar-refractivity contribution in [3.63, 3.8) is 0 Å². The number of ether oxygens (including phenoxy) is 1. The number of para-hydroxylation sites is 1. The van der Waals surface area contributed by atoms with Gasteiger partial charge in [0.15, 0.2) is 0 Å². The van der Waals surface area contributed by atoms with E-state index in [1.807, 2.05) is 58.0 Å². The minimum Gasteiger partial charge on any atom is -0.458 e. The summed E-state index contributed by atoms with van der Waals surface area (Å²) in [5, 5.41) is 0. The van der Waals surface area contributed by atoms with E-state index in [-0.39, 0.29) is 18.0 Å². The van der Waals surface area contributed by atoms with Crippen LogP contribution < -0.4 is 0 Å². The molecule has 0 spiro atoms. The van der Waals surface area contributed by atoms with Crippen molar-refractivity contribution in [1.82, 2.24) is 0 Å². The van der Waals surface area contributed by atoms with Crippen LogP contribution in [0.3, 0.4) is 0 Å². The molecule has 0 amide bonds. The van der Waals surface area contributed by atoms with Crippen LogP contribution in [0.1, 0.15) is 27.7 Å². The summed E-state index contributed by atoms with van der Waals surface area (Å²) < 4.78 is 5.18. The van der Waals surface area contributed by atoms with Gasteiger partial charge in [-0.2, -0.15) is 0 Å². The van der Waals surface area contributed by atoms with Gasteiger partial charge in [0.05, 0.1) is 11.8 Å². The highest BCUT2D eigenvalue weighted by molar-refractivity contribution is 6.37. The third-order valence-corrected chi connectivity index (χ3v) is 2.10. The molecule has 1 aromatic carbocycles. The molecule has 0 N–H and O–H groups in total. The predicted molar refractivity (Wildman–Crippen MR) is 69.6 cm³/mol. The number of hydrogen-bond donors (Lipinski definition) is 0. The van der Waals surface area contributed by atoms with E-state index in [1.165, 1.54) is 0 Å². The van der Waals surface area contributed by atoms with Crippen LogP contribution in [0.25, 0.3) is 0 Å². The van der Waals surface area contributed by atoms with Gasteiger partial charge >= 0.3 is 5.97 Å². The summed E-state index contributed by atoms with van der Waals surface area (Å²) in [6.07, 6.45) is -0.123. The third-order valence-electron chi connectivity index (χ3n) is 2.10. The molecule has 0 radical (unpaired) electrons. The van der Waals surface area contributed by atoms with Crippen LogP contribution in [0.2, 0.25) is 0 Å². The Bertz CT molecular complexity index is 394. The minimum atomic E-state index is -0.334. The molecule has 0 aliphatic rings. The molecular formula is C14H19NO2. The second-order valence-electron chi connectivity index (χ2n) is 4.44. The van der Waals surface area contributed by atoms with Crippen LogP contribution >= 0.6 is 0 Å². The molecule has 92 valence electrons. The largest absolute Gasteiger partial charge is 0.458 e. The maximum absolute atomic E-state index is 11.8. The molecule has 0 fully saturated rings. The van der Waals surface area contributed by atoms with Crippen molar-refractivity contribution in [2.45, 2.75) is 33.8 Å². The molecule has 0 atom stereocenters. The van der Waals surface area contributed by atoms with Crippen LogP contribution in [0, 0.1) is 5.92 Å². The smallest absolute Gasteiger partial charge is 0.353 e. The van der Waals surface area contributed by atoms with Crippen molar-refractivity contribution >= 4 is 17.4 Å². The molecule has 3 nitrogen and oxygen atoms in total. The van der Waals surface area contributed by atoms with Gasteiger partial charge in [-0.05, 0) is 26.0 Å². The summed E-state index contributed by atoms with van der Waals surface area (Å²) in [4.78, 5) is 16.2. The monoisotopic (exact) mass is 233 g/mol. The maximum atomic E-state index is 11.8. The molecule has 1 aromatic rings. The van der Waals surface area contributed by atoms with Crippen LogP contribution in [0.4, 0.5) is 5.69 Å². The highest BCUT2D eigenvalue weighted by Gasteiger charge is 2.18. The van der Waals surface area contributed by atoms with Crippen LogP contribution in [-0.4, -0.2) is 17.8 Å². The average molecular weight is 233 g/mol. The zero-order chi connectivity index (χ0) is 12.8. The first-order valence-electron chi connectivity index (χ1n) is 5.85. The van der Waals surface area contributed by atoms with Gasteiger partial charge in [-0.25, -0.2) is 9.79 Å². The molecule has 0 saturated carbocycles. The summed E-state index contributed by atoms with van der Waals surface area (Å²) in [5.41, 5.74) is 1.24. The fourth-order valence-corrected chi connectivity index (χ4v) is 1.33. The highest BCUT2D eigenvalue weighted by atomic mass is 16.5. The van der Waals surface area contributed by atoms with E-state index in [0.717, 1.165) is 5.69 Å². The van der Waals surface area contributed by atoms with Gasteiger partial charge in [-0.15, -0.1) is 0 Å². The number of benzene rings is 1. The van der Waals surface area contributed by atoms with E-state index in [0.29, 0.717) is 5.71 Å². The van der Waals surface area contributed by atoms with E-state index >= 15 is 0 Å². The zero-order valence-corrected chi connectivity index (χ0v) is 10.8. The Morgan fingerprint density at radius 1 is 1.12 bits per heavy atom. The molecule has 0 bridgehead atoms. The van der Waals surface area contributed by atoms with Gasteiger partial charge in [0.1, 0.15) is 5.71 Å². The summed E-state index contributed by atoms with van der Waals surface area (Å²) in [7, 11) is 0. The standard InChI is InChI=1S/C14H19NO2/c1-10(2)13(14(16)17-11(3)4)15-12-8-6-5-7-9-12/h5-11H,1-4H3/b15-13+. The van der Waals surface area contributed by atoms with E-state index in [1.54, 1.807) is 0 Å². The summed E-state index contributed by atoms with van der Waals surface area (Å²) in [6, 6.07) is 9.44. The lowest BCUT2D eigenvalue weighted by atomic mass is 10.1. The van der Waals surface area contributed by atoms with Crippen molar-refractivity contribution < 1.29 is 9.53 Å². The van der Waals surface area contributed by atoms with Crippen LogP contribution in [0.15, 0.2) is 35.3 Å². The molecule has 0 aromatic heterocycles. The van der Waals surface area contributed by atoms with E-state index in [9.17, 15) is 4.79 Å². The molecule has 17 heavy (non-hydrogen) atoms. The number of rotatable bonds is 4. The molecule has 0 unspecified atom stereocenters.